The Morgan fingerprint density at radius 1 is 1.60 bits per heavy atom. The minimum Gasteiger partial charge on any atom is -0.463 e. The third-order valence-electron chi connectivity index (χ3n) is 3.59. The molecule has 0 bridgehead atoms. The molecule has 2 aromatic rings. The Morgan fingerprint density at radius 2 is 2.40 bits per heavy atom. The van der Waals surface area contributed by atoms with E-state index in [1.807, 2.05) is 0 Å². The number of nitrogens with zero attached hydrogens (tertiary/aromatic N) is 1. The van der Waals surface area contributed by atoms with Crippen LogP contribution in [0.4, 0.5) is 0 Å². The van der Waals surface area contributed by atoms with Crippen LogP contribution in [0.25, 0.3) is 11.5 Å². The van der Waals surface area contributed by atoms with Gasteiger partial charge in [0.25, 0.3) is 5.91 Å². The quantitative estimate of drug-likeness (QED) is 0.870. The van der Waals surface area contributed by atoms with Gasteiger partial charge < -0.3 is 9.73 Å². The smallest absolute Gasteiger partial charge is 0.271 e. The summed E-state index contributed by atoms with van der Waals surface area (Å²) in [4.78, 5) is 12.0. The molecule has 106 valence electrons. The number of carbonyl (C=O) groups is 1. The molecule has 2 heterocycles. The lowest BCUT2D eigenvalue weighted by Gasteiger charge is -2.11. The summed E-state index contributed by atoms with van der Waals surface area (Å²) >= 11 is 0. The van der Waals surface area contributed by atoms with Crippen molar-refractivity contribution in [2.24, 2.45) is 0 Å². The van der Waals surface area contributed by atoms with Crippen molar-refractivity contribution in [3.05, 3.63) is 30.2 Å². The number of hydrogen-bond acceptors (Lipinski definition) is 4. The zero-order valence-corrected chi connectivity index (χ0v) is 11.8. The average Bonchev–Trinajstić information content (AvgIpc) is 2.87. The second-order valence-corrected chi connectivity index (χ2v) is 6.74. The van der Waals surface area contributed by atoms with Crippen molar-refractivity contribution in [1.82, 2.24) is 15.5 Å². The maximum absolute atomic E-state index is 12.0. The normalized spacial score (nSPS) is 17.6. The highest BCUT2D eigenvalue weighted by atomic mass is 32.2. The molecule has 3 rings (SSSR count). The molecule has 0 radical (unpaired) electrons. The summed E-state index contributed by atoms with van der Waals surface area (Å²) in [5.74, 6) is 0.362. The van der Waals surface area contributed by atoms with Crippen molar-refractivity contribution in [3.8, 4) is 11.5 Å². The molecule has 1 fully saturated rings. The van der Waals surface area contributed by atoms with Crippen LogP contribution in [-0.4, -0.2) is 37.9 Å². The Hall–Kier alpha value is -1.89. The van der Waals surface area contributed by atoms with Crippen LogP contribution < -0.4 is 5.32 Å². The van der Waals surface area contributed by atoms with E-state index in [0.717, 1.165) is 12.8 Å². The van der Waals surface area contributed by atoms with Gasteiger partial charge in [-0.2, -0.15) is 5.10 Å². The van der Waals surface area contributed by atoms with E-state index in [4.69, 9.17) is 4.42 Å². The SMILES string of the molecule is CS(=O)C1(CNC(=O)c2cc(-c3ccco3)[nH]n2)CC1. The molecule has 1 amide bonds. The van der Waals surface area contributed by atoms with E-state index in [2.05, 4.69) is 15.5 Å². The van der Waals surface area contributed by atoms with Gasteiger partial charge >= 0.3 is 0 Å². The van der Waals surface area contributed by atoms with Gasteiger partial charge in [0, 0.05) is 29.7 Å². The van der Waals surface area contributed by atoms with Gasteiger partial charge in [0.1, 0.15) is 5.69 Å². The lowest BCUT2D eigenvalue weighted by Crippen LogP contribution is -2.35. The predicted molar refractivity (Wildman–Crippen MR) is 74.7 cm³/mol. The van der Waals surface area contributed by atoms with E-state index in [1.165, 1.54) is 0 Å². The highest BCUT2D eigenvalue weighted by molar-refractivity contribution is 7.86. The van der Waals surface area contributed by atoms with E-state index >= 15 is 0 Å². The van der Waals surface area contributed by atoms with Crippen LogP contribution in [0.15, 0.2) is 28.9 Å². The number of H-pyrrole nitrogens is 1. The van der Waals surface area contributed by atoms with Gasteiger partial charge in [0.15, 0.2) is 11.5 Å². The van der Waals surface area contributed by atoms with E-state index < -0.39 is 10.8 Å². The maximum atomic E-state index is 12.0. The van der Waals surface area contributed by atoms with Crippen LogP contribution in [0, 0.1) is 0 Å². The molecular formula is C13H15N3O3S. The van der Waals surface area contributed by atoms with Gasteiger partial charge in [-0.15, -0.1) is 0 Å². The van der Waals surface area contributed by atoms with Crippen molar-refractivity contribution in [2.75, 3.05) is 12.8 Å². The molecule has 1 aliphatic carbocycles. The van der Waals surface area contributed by atoms with E-state index in [-0.39, 0.29) is 10.7 Å². The minimum atomic E-state index is -0.915. The van der Waals surface area contributed by atoms with E-state index in [9.17, 15) is 9.00 Å². The molecule has 2 aromatic heterocycles. The van der Waals surface area contributed by atoms with Crippen molar-refractivity contribution in [1.29, 1.82) is 0 Å². The lowest BCUT2D eigenvalue weighted by atomic mass is 10.3. The van der Waals surface area contributed by atoms with E-state index in [1.54, 1.807) is 30.7 Å². The molecule has 1 aliphatic rings. The number of aromatic nitrogens is 2. The lowest BCUT2D eigenvalue weighted by molar-refractivity contribution is 0.0948. The molecule has 0 spiro atoms. The zero-order valence-electron chi connectivity index (χ0n) is 11.0. The van der Waals surface area contributed by atoms with Gasteiger partial charge in [-0.1, -0.05) is 0 Å². The van der Waals surface area contributed by atoms with Crippen molar-refractivity contribution < 1.29 is 13.4 Å². The number of hydrogen-bond donors (Lipinski definition) is 2. The molecule has 7 heteroatoms. The summed E-state index contributed by atoms with van der Waals surface area (Å²) in [5.41, 5.74) is 0.953. The van der Waals surface area contributed by atoms with Crippen LogP contribution >= 0.6 is 0 Å². The van der Waals surface area contributed by atoms with Gasteiger partial charge in [-0.3, -0.25) is 14.1 Å². The first-order valence-corrected chi connectivity index (χ1v) is 7.88. The second-order valence-electron chi connectivity index (χ2n) is 4.96. The molecule has 1 unspecified atom stereocenters. The highest BCUT2D eigenvalue weighted by Crippen LogP contribution is 2.40. The van der Waals surface area contributed by atoms with Gasteiger partial charge in [-0.05, 0) is 25.0 Å². The van der Waals surface area contributed by atoms with Crippen LogP contribution in [0.3, 0.4) is 0 Å². The summed E-state index contributed by atoms with van der Waals surface area (Å²) in [6.45, 7) is 0.428. The number of nitrogens with one attached hydrogen (secondary N) is 2. The number of amides is 1. The molecular weight excluding hydrogens is 278 g/mol. The standard InChI is InChI=1S/C13H15N3O3S/c1-20(18)13(4-5-13)8-14-12(17)10-7-9(15-16-10)11-3-2-6-19-11/h2-3,6-7H,4-5,8H2,1H3,(H,14,17)(H,15,16). The first-order chi connectivity index (χ1) is 9.61. The third-order valence-corrected chi connectivity index (χ3v) is 5.36. The van der Waals surface area contributed by atoms with Gasteiger partial charge in [-0.25, -0.2) is 0 Å². The van der Waals surface area contributed by atoms with Crippen LogP contribution in [0.1, 0.15) is 23.3 Å². The fourth-order valence-electron chi connectivity index (χ4n) is 2.03. The largest absolute Gasteiger partial charge is 0.463 e. The first-order valence-electron chi connectivity index (χ1n) is 6.32. The van der Waals surface area contributed by atoms with Crippen LogP contribution in [0.2, 0.25) is 0 Å². The number of furan rings is 1. The molecule has 0 aromatic carbocycles. The summed E-state index contributed by atoms with van der Waals surface area (Å²) in [5, 5.41) is 9.52. The Balaban J connectivity index is 1.65. The molecule has 0 aliphatic heterocycles. The Labute approximate surface area is 118 Å². The zero-order chi connectivity index (χ0) is 14.2. The Morgan fingerprint density at radius 3 is 3.00 bits per heavy atom. The highest BCUT2D eigenvalue weighted by Gasteiger charge is 2.46. The Bertz CT molecular complexity index is 644. The number of rotatable bonds is 5. The molecule has 1 saturated carbocycles. The molecule has 6 nitrogen and oxygen atoms in total. The molecule has 2 N–H and O–H groups in total. The first kappa shape index (κ1) is 13.1. The van der Waals surface area contributed by atoms with Crippen molar-refractivity contribution in [2.45, 2.75) is 17.6 Å². The molecule has 0 saturated heterocycles. The predicted octanol–water partition coefficient (Wildman–Crippen LogP) is 1.31. The average molecular weight is 293 g/mol. The second kappa shape index (κ2) is 4.90. The van der Waals surface area contributed by atoms with Crippen molar-refractivity contribution in [3.63, 3.8) is 0 Å². The summed E-state index contributed by atoms with van der Waals surface area (Å²) in [6.07, 6.45) is 5.04. The maximum Gasteiger partial charge on any atom is 0.271 e. The van der Waals surface area contributed by atoms with Crippen LogP contribution in [0.5, 0.6) is 0 Å². The topological polar surface area (TPSA) is 88.0 Å². The van der Waals surface area contributed by atoms with Gasteiger partial charge in [0.05, 0.1) is 11.0 Å². The van der Waals surface area contributed by atoms with Crippen LogP contribution in [-0.2, 0) is 10.8 Å². The summed E-state index contributed by atoms with van der Waals surface area (Å²) in [6, 6.07) is 5.19. The fraction of sp³-hybridized carbons (Fsp3) is 0.385. The number of aromatic amines is 1. The third kappa shape index (κ3) is 2.40. The fourth-order valence-corrected chi connectivity index (χ4v) is 2.99. The van der Waals surface area contributed by atoms with Gasteiger partial charge in [0.2, 0.25) is 0 Å². The van der Waals surface area contributed by atoms with E-state index in [0.29, 0.717) is 23.7 Å². The minimum absolute atomic E-state index is 0.226. The summed E-state index contributed by atoms with van der Waals surface area (Å²) < 4.78 is 16.6. The summed E-state index contributed by atoms with van der Waals surface area (Å²) in [7, 11) is -0.915. The molecule has 1 atom stereocenters. The molecule has 20 heavy (non-hydrogen) atoms. The number of carbonyl (C=O) groups excluding carboxylic acids is 1. The van der Waals surface area contributed by atoms with Crippen molar-refractivity contribution >= 4 is 16.7 Å². The monoisotopic (exact) mass is 293 g/mol. The Kier molecular flexibility index (Phi) is 3.21.